The summed E-state index contributed by atoms with van der Waals surface area (Å²) in [4.78, 5) is 17.8. The van der Waals surface area contributed by atoms with Crippen molar-refractivity contribution in [1.82, 2.24) is 15.2 Å². The highest BCUT2D eigenvalue weighted by Crippen LogP contribution is 2.21. The number of pyridine rings is 1. The molecule has 1 aromatic heterocycles. The minimum absolute atomic E-state index is 0.0176. The number of nitrogens with one attached hydrogen (secondary N) is 1. The van der Waals surface area contributed by atoms with Gasteiger partial charge in [0.2, 0.25) is 0 Å². The number of hydrogen-bond acceptors (Lipinski definition) is 4. The first kappa shape index (κ1) is 16.7. The molecule has 22 heavy (non-hydrogen) atoms. The van der Waals surface area contributed by atoms with E-state index in [1.807, 2.05) is 12.3 Å². The van der Waals surface area contributed by atoms with Crippen molar-refractivity contribution in [1.29, 1.82) is 0 Å². The van der Waals surface area contributed by atoms with Gasteiger partial charge in [-0.2, -0.15) is 0 Å². The molecule has 0 spiro atoms. The van der Waals surface area contributed by atoms with Crippen molar-refractivity contribution in [2.45, 2.75) is 19.3 Å². The molecule has 1 aliphatic heterocycles. The summed E-state index contributed by atoms with van der Waals surface area (Å²) in [6.45, 7) is 1.61. The summed E-state index contributed by atoms with van der Waals surface area (Å²) in [5, 5.41) is 2.67. The molecule has 0 bridgehead atoms. The number of aromatic nitrogens is 1. The SMILES string of the molecule is CS(=O)(=O)CCNC(=O)N1CCC(Cc2cccnc2)CC1. The number of nitrogens with zero attached hydrogens (tertiary/aromatic N) is 2. The van der Waals surface area contributed by atoms with Crippen molar-refractivity contribution in [3.63, 3.8) is 0 Å². The van der Waals surface area contributed by atoms with Crippen molar-refractivity contribution in [2.24, 2.45) is 5.92 Å². The van der Waals surface area contributed by atoms with Gasteiger partial charge in [-0.15, -0.1) is 0 Å². The topological polar surface area (TPSA) is 79.4 Å². The second-order valence-electron chi connectivity index (χ2n) is 5.86. The molecular weight excluding hydrogens is 302 g/mol. The maximum Gasteiger partial charge on any atom is 0.317 e. The zero-order valence-corrected chi connectivity index (χ0v) is 13.7. The molecule has 2 amide bonds. The van der Waals surface area contributed by atoms with Gasteiger partial charge in [0.15, 0.2) is 0 Å². The van der Waals surface area contributed by atoms with Gasteiger partial charge in [0.1, 0.15) is 9.84 Å². The fourth-order valence-corrected chi connectivity index (χ4v) is 3.12. The molecule has 1 aliphatic rings. The summed E-state index contributed by atoms with van der Waals surface area (Å²) >= 11 is 0. The molecule has 2 heterocycles. The van der Waals surface area contributed by atoms with Crippen LogP contribution in [0.25, 0.3) is 0 Å². The van der Waals surface area contributed by atoms with Crippen molar-refractivity contribution in [3.8, 4) is 0 Å². The Bertz CT molecular complexity index is 581. The third-order valence-electron chi connectivity index (χ3n) is 3.90. The number of hydrogen-bond donors (Lipinski definition) is 1. The standard InChI is InChI=1S/C15H23N3O3S/c1-22(20,21)10-7-17-15(19)18-8-4-13(5-9-18)11-14-3-2-6-16-12-14/h2-3,6,12-13H,4-5,7-11H2,1H3,(H,17,19). The summed E-state index contributed by atoms with van der Waals surface area (Å²) in [5.74, 6) is 0.556. The zero-order valence-electron chi connectivity index (χ0n) is 12.9. The second-order valence-corrected chi connectivity index (χ2v) is 8.12. The third kappa shape index (κ3) is 5.63. The Morgan fingerprint density at radius 2 is 2.14 bits per heavy atom. The van der Waals surface area contributed by atoms with E-state index in [2.05, 4.69) is 16.4 Å². The Hall–Kier alpha value is -1.63. The molecule has 2 rings (SSSR count). The predicted molar refractivity (Wildman–Crippen MR) is 85.3 cm³/mol. The van der Waals surface area contributed by atoms with Crippen molar-refractivity contribution < 1.29 is 13.2 Å². The number of piperidine rings is 1. The van der Waals surface area contributed by atoms with Crippen LogP contribution in [0.15, 0.2) is 24.5 Å². The Labute approximate surface area is 131 Å². The first-order valence-electron chi connectivity index (χ1n) is 7.53. The average Bonchev–Trinajstić information content (AvgIpc) is 2.47. The van der Waals surface area contributed by atoms with Crippen molar-refractivity contribution in [3.05, 3.63) is 30.1 Å². The molecule has 0 aromatic carbocycles. The summed E-state index contributed by atoms with van der Waals surface area (Å²) in [6, 6.07) is 3.86. The molecule has 0 atom stereocenters. The molecule has 0 aliphatic carbocycles. The van der Waals surface area contributed by atoms with Crippen LogP contribution in [0.2, 0.25) is 0 Å². The highest BCUT2D eigenvalue weighted by atomic mass is 32.2. The largest absolute Gasteiger partial charge is 0.337 e. The second kappa shape index (κ2) is 7.58. The monoisotopic (exact) mass is 325 g/mol. The number of rotatable bonds is 5. The molecule has 1 fully saturated rings. The van der Waals surface area contributed by atoms with Gasteiger partial charge in [-0.05, 0) is 36.8 Å². The van der Waals surface area contributed by atoms with Crippen LogP contribution in [0.1, 0.15) is 18.4 Å². The molecule has 0 radical (unpaired) electrons. The van der Waals surface area contributed by atoms with Crippen LogP contribution in [0, 0.1) is 5.92 Å². The lowest BCUT2D eigenvalue weighted by Crippen LogP contribution is -2.45. The molecule has 0 saturated carbocycles. The number of sulfone groups is 1. The molecule has 0 unspecified atom stereocenters. The number of likely N-dealkylation sites (tertiary alicyclic amines) is 1. The van der Waals surface area contributed by atoms with Crippen LogP contribution in [-0.2, 0) is 16.3 Å². The van der Waals surface area contributed by atoms with Gasteiger partial charge in [0.05, 0.1) is 5.75 Å². The molecule has 6 nitrogen and oxygen atoms in total. The Kier molecular flexibility index (Phi) is 5.76. The van der Waals surface area contributed by atoms with Crippen LogP contribution >= 0.6 is 0 Å². The first-order valence-corrected chi connectivity index (χ1v) is 9.59. The van der Waals surface area contributed by atoms with Crippen LogP contribution in [0.4, 0.5) is 4.79 Å². The first-order chi connectivity index (χ1) is 10.4. The van der Waals surface area contributed by atoms with Gasteiger partial charge in [-0.25, -0.2) is 13.2 Å². The summed E-state index contributed by atoms with van der Waals surface area (Å²) in [6.07, 6.45) is 7.76. The Morgan fingerprint density at radius 1 is 1.41 bits per heavy atom. The van der Waals surface area contributed by atoms with E-state index in [1.54, 1.807) is 11.1 Å². The lowest BCUT2D eigenvalue weighted by molar-refractivity contribution is 0.171. The van der Waals surface area contributed by atoms with Crippen LogP contribution < -0.4 is 5.32 Å². The lowest BCUT2D eigenvalue weighted by atomic mass is 9.91. The van der Waals surface area contributed by atoms with E-state index in [1.165, 1.54) is 11.8 Å². The van der Waals surface area contributed by atoms with Crippen molar-refractivity contribution in [2.75, 3.05) is 31.6 Å². The summed E-state index contributed by atoms with van der Waals surface area (Å²) in [7, 11) is -3.03. The lowest BCUT2D eigenvalue weighted by Gasteiger charge is -2.32. The van der Waals surface area contributed by atoms with Gasteiger partial charge in [0.25, 0.3) is 0 Å². The van der Waals surface area contributed by atoms with Gasteiger partial charge in [0, 0.05) is 38.3 Å². The van der Waals surface area contributed by atoms with E-state index in [-0.39, 0.29) is 18.3 Å². The fraction of sp³-hybridized carbons (Fsp3) is 0.600. The highest BCUT2D eigenvalue weighted by Gasteiger charge is 2.22. The predicted octanol–water partition coefficient (Wildman–Crippen LogP) is 1.09. The Balaban J connectivity index is 1.71. The summed E-state index contributed by atoms with van der Waals surface area (Å²) in [5.41, 5.74) is 1.23. The number of urea groups is 1. The maximum absolute atomic E-state index is 12.0. The maximum atomic E-state index is 12.0. The van der Waals surface area contributed by atoms with Gasteiger partial charge in [-0.1, -0.05) is 6.07 Å². The number of carbonyl (C=O) groups excluding carboxylic acids is 1. The normalized spacial score (nSPS) is 16.5. The molecule has 122 valence electrons. The van der Waals surface area contributed by atoms with Crippen molar-refractivity contribution >= 4 is 15.9 Å². The van der Waals surface area contributed by atoms with E-state index in [9.17, 15) is 13.2 Å². The molecule has 7 heteroatoms. The number of carbonyl (C=O) groups is 1. The van der Waals surface area contributed by atoms with Gasteiger partial charge < -0.3 is 10.2 Å². The van der Waals surface area contributed by atoms with E-state index >= 15 is 0 Å². The molecular formula is C15H23N3O3S. The van der Waals surface area contributed by atoms with E-state index in [0.29, 0.717) is 5.92 Å². The molecule has 1 aromatic rings. The highest BCUT2D eigenvalue weighted by molar-refractivity contribution is 7.90. The smallest absolute Gasteiger partial charge is 0.317 e. The molecule has 1 saturated heterocycles. The summed E-state index contributed by atoms with van der Waals surface area (Å²) < 4.78 is 22.1. The minimum Gasteiger partial charge on any atom is -0.337 e. The van der Waals surface area contributed by atoms with Crippen LogP contribution in [0.3, 0.4) is 0 Å². The van der Waals surface area contributed by atoms with E-state index in [0.717, 1.165) is 32.4 Å². The molecule has 1 N–H and O–H groups in total. The zero-order chi connectivity index (χ0) is 16.0. The van der Waals surface area contributed by atoms with Crippen LogP contribution in [0.5, 0.6) is 0 Å². The quantitative estimate of drug-likeness (QED) is 0.879. The number of amides is 2. The van der Waals surface area contributed by atoms with E-state index < -0.39 is 9.84 Å². The third-order valence-corrected chi connectivity index (χ3v) is 4.84. The van der Waals surface area contributed by atoms with E-state index in [4.69, 9.17) is 0 Å². The minimum atomic E-state index is -3.03. The van der Waals surface area contributed by atoms with Gasteiger partial charge >= 0.3 is 6.03 Å². The van der Waals surface area contributed by atoms with Gasteiger partial charge in [-0.3, -0.25) is 4.98 Å². The fourth-order valence-electron chi connectivity index (χ4n) is 2.65. The van der Waals surface area contributed by atoms with Crippen LogP contribution in [-0.4, -0.2) is 56.0 Å². The Morgan fingerprint density at radius 3 is 2.73 bits per heavy atom. The average molecular weight is 325 g/mol.